The lowest BCUT2D eigenvalue weighted by Gasteiger charge is -2.36. The van der Waals surface area contributed by atoms with E-state index in [0.29, 0.717) is 77.4 Å². The average Bonchev–Trinajstić information content (AvgIpc) is 3.89. The third-order valence-electron chi connectivity index (χ3n) is 12.1. The number of H-pyrrole nitrogens is 1. The Morgan fingerprint density at radius 3 is 2.44 bits per heavy atom. The first kappa shape index (κ1) is 45.7. The molecule has 1 fully saturated rings. The molecule has 1 saturated heterocycles. The summed E-state index contributed by atoms with van der Waals surface area (Å²) >= 11 is 6.66. The van der Waals surface area contributed by atoms with Crippen molar-refractivity contribution in [2.24, 2.45) is 0 Å². The Balaban J connectivity index is 0.891. The van der Waals surface area contributed by atoms with Crippen LogP contribution in [-0.4, -0.2) is 107 Å². The number of hydrogen-bond donors (Lipinski definition) is 4. The number of amides is 4. The lowest BCUT2D eigenvalue weighted by atomic mass is 10.0. The number of carbonyl (C=O) groups is 5. The van der Waals surface area contributed by atoms with E-state index in [1.165, 1.54) is 6.33 Å². The number of aromatic amines is 1. The maximum atomic E-state index is 14.0. The number of hydrogen-bond acceptors (Lipinski definition) is 11. The van der Waals surface area contributed by atoms with Crippen LogP contribution < -0.4 is 25.6 Å². The van der Waals surface area contributed by atoms with Gasteiger partial charge in [-0.1, -0.05) is 62.4 Å². The number of ketones is 1. The smallest absolute Gasteiger partial charge is 0.255 e. The molecule has 4 N–H and O–H groups in total. The van der Waals surface area contributed by atoms with Gasteiger partial charge in [-0.3, -0.25) is 34.2 Å². The third-order valence-corrected chi connectivity index (χ3v) is 12.4. The van der Waals surface area contributed by atoms with Crippen LogP contribution in [0.15, 0.2) is 79.3 Å². The van der Waals surface area contributed by atoms with Crippen LogP contribution in [0.1, 0.15) is 96.6 Å². The van der Waals surface area contributed by atoms with Crippen molar-refractivity contribution >= 4 is 64.6 Å². The lowest BCUT2D eigenvalue weighted by molar-refractivity contribution is -0.129. The van der Waals surface area contributed by atoms with Crippen LogP contribution in [0.3, 0.4) is 0 Å². The summed E-state index contributed by atoms with van der Waals surface area (Å²) in [6.07, 6.45) is 12.2. The lowest BCUT2D eigenvalue weighted by Crippen LogP contribution is -2.46. The largest absolute Gasteiger partial charge is 0.457 e. The van der Waals surface area contributed by atoms with E-state index in [-0.39, 0.29) is 22.8 Å². The van der Waals surface area contributed by atoms with E-state index in [1.807, 2.05) is 49.4 Å². The SMILES string of the molecule is CCCC(C(=O)NC=O)N1Cc2cc(N3CCN(CCCCCCC(CCCNC=O)Nc4ncnc5[nH]cc(C(=O)c6ccc(Oc7ccccc7)cc6Cl)c45)CC3)ccc2C1=O. The normalized spacial score (nSPS) is 14.8. The number of anilines is 2. The highest BCUT2D eigenvalue weighted by molar-refractivity contribution is 6.35. The van der Waals surface area contributed by atoms with Crippen molar-refractivity contribution in [2.75, 3.05) is 49.5 Å². The number of imide groups is 1. The number of unbranched alkanes of at least 4 members (excludes halogenated alkanes) is 3. The van der Waals surface area contributed by atoms with Gasteiger partial charge in [0, 0.05) is 74.4 Å². The highest BCUT2D eigenvalue weighted by Gasteiger charge is 2.36. The highest BCUT2D eigenvalue weighted by atomic mass is 35.5. The summed E-state index contributed by atoms with van der Waals surface area (Å²) in [5.41, 5.74) is 3.90. The van der Waals surface area contributed by atoms with Crippen LogP contribution in [0.25, 0.3) is 11.0 Å². The molecule has 2 atom stereocenters. The van der Waals surface area contributed by atoms with Crippen LogP contribution in [-0.2, 0) is 20.9 Å². The topological polar surface area (TPSA) is 182 Å². The molecule has 0 bridgehead atoms. The zero-order chi connectivity index (χ0) is 44.8. The van der Waals surface area contributed by atoms with Gasteiger partial charge in [-0.15, -0.1) is 0 Å². The molecule has 7 rings (SSSR count). The van der Waals surface area contributed by atoms with Gasteiger partial charge in [0.1, 0.15) is 35.3 Å². The van der Waals surface area contributed by atoms with Crippen LogP contribution in [0.4, 0.5) is 11.5 Å². The first-order valence-corrected chi connectivity index (χ1v) is 22.6. The molecule has 336 valence electrons. The molecule has 0 aliphatic carbocycles. The quantitative estimate of drug-likeness (QED) is 0.0282. The monoisotopic (exact) mass is 889 g/mol. The molecule has 2 aliphatic heterocycles. The Morgan fingerprint density at radius 2 is 1.67 bits per heavy atom. The molecule has 15 nitrogen and oxygen atoms in total. The second-order valence-electron chi connectivity index (χ2n) is 16.3. The van der Waals surface area contributed by atoms with Crippen molar-refractivity contribution in [3.05, 3.63) is 107 Å². The molecule has 2 aliphatic rings. The van der Waals surface area contributed by atoms with Gasteiger partial charge in [0.25, 0.3) is 5.91 Å². The minimum atomic E-state index is -0.678. The number of rotatable bonds is 24. The summed E-state index contributed by atoms with van der Waals surface area (Å²) in [6, 6.07) is 19.7. The molecule has 64 heavy (non-hydrogen) atoms. The number of halogens is 1. The molecule has 0 saturated carbocycles. The Morgan fingerprint density at radius 1 is 0.875 bits per heavy atom. The molecular weight excluding hydrogens is 834 g/mol. The summed E-state index contributed by atoms with van der Waals surface area (Å²) < 4.78 is 5.92. The van der Waals surface area contributed by atoms with Crippen LogP contribution >= 0.6 is 11.6 Å². The Hall–Kier alpha value is -6.32. The number of benzene rings is 3. The number of fused-ring (bicyclic) bond motifs is 2. The highest BCUT2D eigenvalue weighted by Crippen LogP contribution is 2.33. The van der Waals surface area contributed by atoms with Gasteiger partial charge < -0.3 is 30.2 Å². The van der Waals surface area contributed by atoms with Gasteiger partial charge in [-0.25, -0.2) is 9.97 Å². The predicted octanol–water partition coefficient (Wildman–Crippen LogP) is 7.11. The molecule has 0 radical (unpaired) electrons. The second-order valence-corrected chi connectivity index (χ2v) is 16.7. The number of carbonyl (C=O) groups excluding carboxylic acids is 5. The number of piperazine rings is 1. The van der Waals surface area contributed by atoms with E-state index in [4.69, 9.17) is 16.3 Å². The van der Waals surface area contributed by atoms with E-state index in [2.05, 4.69) is 46.8 Å². The molecule has 0 spiro atoms. The molecule has 4 amide bonds. The summed E-state index contributed by atoms with van der Waals surface area (Å²) in [5.74, 6) is 0.877. The van der Waals surface area contributed by atoms with Gasteiger partial charge in [-0.2, -0.15) is 0 Å². The van der Waals surface area contributed by atoms with E-state index >= 15 is 0 Å². The Kier molecular flexibility index (Phi) is 16.0. The second kappa shape index (κ2) is 22.3. The van der Waals surface area contributed by atoms with E-state index < -0.39 is 11.9 Å². The summed E-state index contributed by atoms with van der Waals surface area (Å²) in [7, 11) is 0. The van der Waals surface area contributed by atoms with Gasteiger partial charge in [0.15, 0.2) is 5.78 Å². The number of aromatic nitrogens is 3. The van der Waals surface area contributed by atoms with E-state index in [9.17, 15) is 24.0 Å². The van der Waals surface area contributed by atoms with Crippen molar-refractivity contribution in [1.29, 1.82) is 0 Å². The molecule has 5 aromatic rings. The minimum Gasteiger partial charge on any atom is -0.457 e. The molecule has 2 unspecified atom stereocenters. The van der Waals surface area contributed by atoms with Crippen molar-refractivity contribution < 1.29 is 28.7 Å². The molecule has 16 heteroatoms. The minimum absolute atomic E-state index is 0.0515. The van der Waals surface area contributed by atoms with E-state index in [0.717, 1.165) is 95.3 Å². The Bertz CT molecular complexity index is 2400. The summed E-state index contributed by atoms with van der Waals surface area (Å²) in [6.45, 7) is 7.57. The standard InChI is InChI=1S/C48H56ClN9O6/c1-2-11-42(47(62)54-32-60)58-29-33-26-35(16-18-38(33)48(58)63)57-24-22-56(23-25-57)21-9-4-3-6-12-34(13-10-20-50-31-59)55-46-43-40(28-51-45(43)52-30-53-46)44(61)39-19-17-37(27-41(39)49)64-36-14-7-5-8-15-36/h5,7-8,14-19,26-28,30-32,34,42H,2-4,6,9-13,20-25,29H2,1H3,(H,50,59)(H,54,60,62)(H2,51,52,53,55). The molecule has 2 aromatic heterocycles. The summed E-state index contributed by atoms with van der Waals surface area (Å²) in [5, 5.41) is 9.49. The fourth-order valence-corrected chi connectivity index (χ4v) is 8.96. The fraction of sp³-hybridized carbons (Fsp3) is 0.396. The number of para-hydroxylation sites is 1. The van der Waals surface area contributed by atoms with Crippen LogP contribution in [0.5, 0.6) is 11.5 Å². The average molecular weight is 890 g/mol. The number of nitrogens with one attached hydrogen (secondary N) is 4. The van der Waals surface area contributed by atoms with E-state index in [1.54, 1.807) is 29.3 Å². The molecule has 3 aromatic carbocycles. The zero-order valence-corrected chi connectivity index (χ0v) is 36.9. The van der Waals surface area contributed by atoms with Gasteiger partial charge in [0.05, 0.1) is 16.0 Å². The Labute approximate surface area is 378 Å². The first-order valence-electron chi connectivity index (χ1n) is 22.3. The van der Waals surface area contributed by atoms with Crippen LogP contribution in [0.2, 0.25) is 5.02 Å². The summed E-state index contributed by atoms with van der Waals surface area (Å²) in [4.78, 5) is 80.3. The van der Waals surface area contributed by atoms with Gasteiger partial charge >= 0.3 is 0 Å². The predicted molar refractivity (Wildman–Crippen MR) is 247 cm³/mol. The molecule has 4 heterocycles. The first-order chi connectivity index (χ1) is 31.3. The maximum absolute atomic E-state index is 14.0. The molecular formula is C48H56ClN9O6. The van der Waals surface area contributed by atoms with Crippen molar-refractivity contribution in [3.63, 3.8) is 0 Å². The fourth-order valence-electron chi connectivity index (χ4n) is 8.70. The van der Waals surface area contributed by atoms with Crippen LogP contribution in [0, 0.1) is 0 Å². The zero-order valence-electron chi connectivity index (χ0n) is 36.2. The van der Waals surface area contributed by atoms with Gasteiger partial charge in [-0.05, 0) is 86.7 Å². The number of ether oxygens (including phenoxy) is 1. The van der Waals surface area contributed by atoms with Crippen molar-refractivity contribution in [1.82, 2.24) is 35.4 Å². The third kappa shape index (κ3) is 11.2. The van der Waals surface area contributed by atoms with Gasteiger partial charge in [0.2, 0.25) is 18.7 Å². The van der Waals surface area contributed by atoms with Crippen molar-refractivity contribution in [3.8, 4) is 11.5 Å². The maximum Gasteiger partial charge on any atom is 0.255 e. The van der Waals surface area contributed by atoms with Crippen molar-refractivity contribution in [2.45, 2.75) is 83.3 Å². The number of nitrogens with zero attached hydrogens (tertiary/aromatic N) is 5.